The lowest BCUT2D eigenvalue weighted by atomic mass is 10.1. The minimum Gasteiger partial charge on any atom is -0.382 e. The lowest BCUT2D eigenvalue weighted by molar-refractivity contribution is -0.387. The van der Waals surface area contributed by atoms with Crippen LogP contribution in [-0.2, 0) is 9.47 Å². The normalized spacial score (nSPS) is 10.5. The van der Waals surface area contributed by atoms with Crippen molar-refractivity contribution >= 4 is 11.6 Å². The lowest BCUT2D eigenvalue weighted by Crippen LogP contribution is -2.29. The van der Waals surface area contributed by atoms with Gasteiger partial charge in [0.15, 0.2) is 0 Å². The Morgan fingerprint density at radius 1 is 1.32 bits per heavy atom. The first kappa shape index (κ1) is 17.9. The van der Waals surface area contributed by atoms with Gasteiger partial charge in [0.25, 0.3) is 5.91 Å². The van der Waals surface area contributed by atoms with Gasteiger partial charge in [-0.2, -0.15) is 4.39 Å². The van der Waals surface area contributed by atoms with Crippen LogP contribution in [0, 0.1) is 28.7 Å². The number of amides is 1. The van der Waals surface area contributed by atoms with E-state index in [-0.39, 0.29) is 18.7 Å². The summed E-state index contributed by atoms with van der Waals surface area (Å²) in [7, 11) is 1.50. The summed E-state index contributed by atoms with van der Waals surface area (Å²) in [5.41, 5.74) is -2.10. The zero-order valence-electron chi connectivity index (χ0n) is 12.2. The third-order valence-corrected chi connectivity index (χ3v) is 2.75. The second kappa shape index (κ2) is 8.35. The largest absolute Gasteiger partial charge is 0.382 e. The first-order valence-electron chi connectivity index (χ1n) is 6.38. The maximum atomic E-state index is 13.9. The highest BCUT2D eigenvalue weighted by atomic mass is 19.1. The zero-order valence-corrected chi connectivity index (χ0v) is 12.2. The number of benzene rings is 1. The Bertz CT molecular complexity index is 566. The molecule has 0 spiro atoms. The van der Waals surface area contributed by atoms with E-state index in [1.165, 1.54) is 14.0 Å². The van der Waals surface area contributed by atoms with Gasteiger partial charge in [-0.3, -0.25) is 14.9 Å². The van der Waals surface area contributed by atoms with Gasteiger partial charge in [0.2, 0.25) is 5.82 Å². The first-order chi connectivity index (χ1) is 10.4. The molecule has 0 aliphatic carbocycles. The molecule has 1 aromatic carbocycles. The summed E-state index contributed by atoms with van der Waals surface area (Å²) in [6, 6.07) is 0.745. The van der Waals surface area contributed by atoms with Crippen molar-refractivity contribution < 1.29 is 28.0 Å². The summed E-state index contributed by atoms with van der Waals surface area (Å²) in [5.74, 6) is -3.69. The first-order valence-corrected chi connectivity index (χ1v) is 6.38. The number of nitro groups is 1. The Morgan fingerprint density at radius 3 is 2.59 bits per heavy atom. The molecule has 0 atom stereocenters. The van der Waals surface area contributed by atoms with Gasteiger partial charge in [0.05, 0.1) is 24.7 Å². The Labute approximate surface area is 125 Å². The van der Waals surface area contributed by atoms with Crippen LogP contribution < -0.4 is 5.32 Å². The molecule has 0 unspecified atom stereocenters. The molecule has 0 aliphatic rings. The molecule has 0 bridgehead atoms. The van der Waals surface area contributed by atoms with E-state index in [4.69, 9.17) is 9.47 Å². The quantitative estimate of drug-likeness (QED) is 0.446. The van der Waals surface area contributed by atoms with Crippen molar-refractivity contribution in [2.24, 2.45) is 0 Å². The highest BCUT2D eigenvalue weighted by Crippen LogP contribution is 2.26. The van der Waals surface area contributed by atoms with Gasteiger partial charge in [-0.1, -0.05) is 0 Å². The average Bonchev–Trinajstić information content (AvgIpc) is 2.46. The fraction of sp³-hybridized carbons (Fsp3) is 0.462. The van der Waals surface area contributed by atoms with Gasteiger partial charge in [-0.15, -0.1) is 0 Å². The zero-order chi connectivity index (χ0) is 16.7. The molecule has 0 aliphatic heterocycles. The van der Waals surface area contributed by atoms with Gasteiger partial charge in [0.1, 0.15) is 11.4 Å². The second-order valence-electron chi connectivity index (χ2n) is 4.33. The molecule has 1 aromatic rings. The van der Waals surface area contributed by atoms with Crippen molar-refractivity contribution in [3.05, 3.63) is 38.9 Å². The molecule has 0 saturated heterocycles. The number of ether oxygens (including phenoxy) is 2. The molecule has 9 heteroatoms. The number of hydrogen-bond acceptors (Lipinski definition) is 5. The van der Waals surface area contributed by atoms with Crippen LogP contribution in [-0.4, -0.2) is 44.3 Å². The summed E-state index contributed by atoms with van der Waals surface area (Å²) in [6.45, 7) is 2.02. The SMILES string of the molecule is COCCOCCNC(=O)c1c(F)c(C)cc([N+](=O)[O-])c1F. The predicted octanol–water partition coefficient (Wildman–Crippen LogP) is 1.57. The average molecular weight is 318 g/mol. The molecule has 0 heterocycles. The number of aryl methyl sites for hydroxylation is 1. The number of nitrogens with zero attached hydrogens (tertiary/aromatic N) is 1. The Hall–Kier alpha value is -2.13. The summed E-state index contributed by atoms with van der Waals surface area (Å²) < 4.78 is 37.6. The molecular formula is C13H16F2N2O5. The maximum Gasteiger partial charge on any atom is 0.306 e. The molecule has 122 valence electrons. The third-order valence-electron chi connectivity index (χ3n) is 2.75. The minimum absolute atomic E-state index is 0.00314. The van der Waals surface area contributed by atoms with E-state index in [2.05, 4.69) is 5.32 Å². The van der Waals surface area contributed by atoms with E-state index in [1.807, 2.05) is 0 Å². The Kier molecular flexibility index (Phi) is 6.80. The lowest BCUT2D eigenvalue weighted by Gasteiger charge is -2.09. The molecule has 22 heavy (non-hydrogen) atoms. The molecule has 0 fully saturated rings. The number of methoxy groups -OCH3 is 1. The number of carbonyl (C=O) groups is 1. The smallest absolute Gasteiger partial charge is 0.306 e. The summed E-state index contributed by atoms with van der Waals surface area (Å²) >= 11 is 0. The number of nitro benzene ring substituents is 1. The highest BCUT2D eigenvalue weighted by Gasteiger charge is 2.27. The topological polar surface area (TPSA) is 90.7 Å². The number of halogens is 2. The van der Waals surface area contributed by atoms with E-state index in [0.717, 1.165) is 6.07 Å². The van der Waals surface area contributed by atoms with Gasteiger partial charge >= 0.3 is 5.69 Å². The van der Waals surface area contributed by atoms with Gasteiger partial charge in [-0.05, 0) is 12.5 Å². The van der Waals surface area contributed by atoms with Crippen LogP contribution in [0.2, 0.25) is 0 Å². The van der Waals surface area contributed by atoms with Crippen LogP contribution in [0.5, 0.6) is 0 Å². The summed E-state index contributed by atoms with van der Waals surface area (Å²) in [6.07, 6.45) is 0. The van der Waals surface area contributed by atoms with E-state index in [1.54, 1.807) is 0 Å². The molecule has 0 aromatic heterocycles. The van der Waals surface area contributed by atoms with E-state index < -0.39 is 33.7 Å². The number of carbonyl (C=O) groups excluding carboxylic acids is 1. The van der Waals surface area contributed by atoms with Gasteiger partial charge in [0, 0.05) is 19.7 Å². The molecule has 0 radical (unpaired) electrons. The van der Waals surface area contributed by atoms with E-state index in [0.29, 0.717) is 13.2 Å². The molecule has 1 amide bonds. The van der Waals surface area contributed by atoms with E-state index in [9.17, 15) is 23.7 Å². The van der Waals surface area contributed by atoms with Crippen LogP contribution in [0.1, 0.15) is 15.9 Å². The van der Waals surface area contributed by atoms with Crippen LogP contribution in [0.15, 0.2) is 6.07 Å². The highest BCUT2D eigenvalue weighted by molar-refractivity contribution is 5.95. The Balaban J connectivity index is 2.78. The third kappa shape index (κ3) is 4.43. The number of hydrogen-bond donors (Lipinski definition) is 1. The maximum absolute atomic E-state index is 13.9. The van der Waals surface area contributed by atoms with Gasteiger partial charge in [-0.25, -0.2) is 4.39 Å². The van der Waals surface area contributed by atoms with E-state index >= 15 is 0 Å². The predicted molar refractivity (Wildman–Crippen MR) is 72.8 cm³/mol. The molecule has 7 nitrogen and oxygen atoms in total. The standard InChI is InChI=1S/C13H16F2N2O5/c1-8-7-9(17(19)20)12(15)10(11(8)14)13(18)16-3-4-22-6-5-21-2/h7H,3-6H2,1-2H3,(H,16,18). The van der Waals surface area contributed by atoms with Crippen molar-refractivity contribution in [1.29, 1.82) is 0 Å². The van der Waals surface area contributed by atoms with Crippen molar-refractivity contribution in [3.63, 3.8) is 0 Å². The Morgan fingerprint density at radius 2 is 2.00 bits per heavy atom. The minimum atomic E-state index is -1.49. The van der Waals surface area contributed by atoms with Crippen molar-refractivity contribution in [3.8, 4) is 0 Å². The van der Waals surface area contributed by atoms with Gasteiger partial charge < -0.3 is 14.8 Å². The number of rotatable bonds is 8. The number of nitrogens with one attached hydrogen (secondary N) is 1. The second-order valence-corrected chi connectivity index (χ2v) is 4.33. The van der Waals surface area contributed by atoms with Crippen LogP contribution in [0.3, 0.4) is 0 Å². The molecule has 0 saturated carbocycles. The van der Waals surface area contributed by atoms with Crippen LogP contribution >= 0.6 is 0 Å². The molecular weight excluding hydrogens is 302 g/mol. The van der Waals surface area contributed by atoms with Crippen molar-refractivity contribution in [2.75, 3.05) is 33.5 Å². The van der Waals surface area contributed by atoms with Crippen molar-refractivity contribution in [1.82, 2.24) is 5.32 Å². The summed E-state index contributed by atoms with van der Waals surface area (Å²) in [4.78, 5) is 21.5. The van der Waals surface area contributed by atoms with Crippen LogP contribution in [0.4, 0.5) is 14.5 Å². The fourth-order valence-electron chi connectivity index (χ4n) is 1.66. The van der Waals surface area contributed by atoms with Crippen LogP contribution in [0.25, 0.3) is 0 Å². The molecule has 1 rings (SSSR count). The fourth-order valence-corrected chi connectivity index (χ4v) is 1.66. The van der Waals surface area contributed by atoms with Crippen molar-refractivity contribution in [2.45, 2.75) is 6.92 Å². The monoisotopic (exact) mass is 318 g/mol. The summed E-state index contributed by atoms with van der Waals surface area (Å²) in [5, 5.41) is 12.9. The molecule has 1 N–H and O–H groups in total.